The van der Waals surface area contributed by atoms with E-state index in [1.165, 1.54) is 25.7 Å². The van der Waals surface area contributed by atoms with E-state index in [-0.39, 0.29) is 12.5 Å². The number of benzene rings is 1. The molecular weight excluding hydrogens is 324 g/mol. The number of methoxy groups -OCH3 is 1. The normalized spacial score (nSPS) is 24.3. The number of hydrazine groups is 1. The lowest BCUT2D eigenvalue weighted by Crippen LogP contribution is -2.51. The van der Waals surface area contributed by atoms with Gasteiger partial charge in [-0.15, -0.1) is 0 Å². The predicted molar refractivity (Wildman–Crippen MR) is 97.7 cm³/mol. The van der Waals surface area contributed by atoms with E-state index in [9.17, 15) is 4.79 Å². The maximum Gasteiger partial charge on any atom is 0.257 e. The van der Waals surface area contributed by atoms with Crippen molar-refractivity contribution in [2.75, 3.05) is 19.0 Å². The van der Waals surface area contributed by atoms with E-state index in [0.717, 1.165) is 23.3 Å². The molecule has 0 radical (unpaired) electrons. The van der Waals surface area contributed by atoms with Crippen LogP contribution in [0.15, 0.2) is 24.3 Å². The standard InChI is InChI=1S/C17H24N4O2S/c1-23-14-6-4-13(5-7-14)18-10-16(22)20-21-17(24)19-15-9-11-2-3-12(15)8-11/h4-7,11-12,15,18H,2-3,8-10H2,1H3,(H,20,22)(H2,19,21,24)/t11-,12-,15+/m1/s1. The molecule has 0 aliphatic heterocycles. The zero-order valence-corrected chi connectivity index (χ0v) is 14.6. The van der Waals surface area contributed by atoms with Crippen molar-refractivity contribution in [3.05, 3.63) is 24.3 Å². The first-order valence-corrected chi connectivity index (χ1v) is 8.78. The van der Waals surface area contributed by atoms with Crippen molar-refractivity contribution in [2.24, 2.45) is 11.8 Å². The molecule has 0 saturated heterocycles. The maximum absolute atomic E-state index is 11.9. The quantitative estimate of drug-likeness (QED) is 0.480. The molecule has 0 heterocycles. The molecule has 3 atom stereocenters. The van der Waals surface area contributed by atoms with Crippen LogP contribution < -0.4 is 26.2 Å². The second-order valence-corrected chi connectivity index (χ2v) is 6.92. The Morgan fingerprint density at radius 1 is 1.21 bits per heavy atom. The van der Waals surface area contributed by atoms with Crippen LogP contribution in [0.1, 0.15) is 25.7 Å². The van der Waals surface area contributed by atoms with Gasteiger partial charge in [-0.05, 0) is 67.6 Å². The van der Waals surface area contributed by atoms with Gasteiger partial charge in [0.05, 0.1) is 13.7 Å². The van der Waals surface area contributed by atoms with Gasteiger partial charge in [-0.3, -0.25) is 15.6 Å². The van der Waals surface area contributed by atoms with Gasteiger partial charge >= 0.3 is 0 Å². The largest absolute Gasteiger partial charge is 0.497 e. The second-order valence-electron chi connectivity index (χ2n) is 6.51. The molecule has 7 heteroatoms. The molecule has 130 valence electrons. The van der Waals surface area contributed by atoms with E-state index in [2.05, 4.69) is 21.5 Å². The summed E-state index contributed by atoms with van der Waals surface area (Å²) >= 11 is 5.26. The van der Waals surface area contributed by atoms with Crippen LogP contribution in [-0.4, -0.2) is 30.7 Å². The van der Waals surface area contributed by atoms with Crippen LogP contribution in [0.3, 0.4) is 0 Å². The number of nitrogens with one attached hydrogen (secondary N) is 4. The fourth-order valence-corrected chi connectivity index (χ4v) is 3.89. The average Bonchev–Trinajstić information content (AvgIpc) is 3.21. The Labute approximate surface area is 147 Å². The number of anilines is 1. The van der Waals surface area contributed by atoms with Crippen molar-refractivity contribution in [1.29, 1.82) is 0 Å². The third-order valence-corrected chi connectivity index (χ3v) is 5.13. The molecule has 0 unspecified atom stereocenters. The minimum Gasteiger partial charge on any atom is -0.497 e. The zero-order valence-electron chi connectivity index (χ0n) is 13.8. The number of rotatable bonds is 5. The van der Waals surface area contributed by atoms with Gasteiger partial charge in [-0.25, -0.2) is 0 Å². The highest BCUT2D eigenvalue weighted by Crippen LogP contribution is 2.44. The van der Waals surface area contributed by atoms with Crippen LogP contribution in [0.25, 0.3) is 0 Å². The highest BCUT2D eigenvalue weighted by Gasteiger charge is 2.39. The van der Waals surface area contributed by atoms with Crippen LogP contribution >= 0.6 is 12.2 Å². The first-order valence-electron chi connectivity index (χ1n) is 8.37. The summed E-state index contributed by atoms with van der Waals surface area (Å²) < 4.78 is 5.09. The second kappa shape index (κ2) is 7.70. The molecule has 24 heavy (non-hydrogen) atoms. The molecule has 2 fully saturated rings. The Morgan fingerprint density at radius 2 is 2.00 bits per heavy atom. The molecule has 3 rings (SSSR count). The molecule has 4 N–H and O–H groups in total. The molecule has 1 aromatic rings. The summed E-state index contributed by atoms with van der Waals surface area (Å²) in [7, 11) is 1.62. The summed E-state index contributed by atoms with van der Waals surface area (Å²) in [5, 5.41) is 6.86. The smallest absolute Gasteiger partial charge is 0.257 e. The zero-order chi connectivity index (χ0) is 16.9. The van der Waals surface area contributed by atoms with Crippen molar-refractivity contribution in [1.82, 2.24) is 16.2 Å². The van der Waals surface area contributed by atoms with Gasteiger partial charge in [-0.2, -0.15) is 0 Å². The van der Waals surface area contributed by atoms with Crippen molar-refractivity contribution in [3.8, 4) is 5.75 Å². The summed E-state index contributed by atoms with van der Waals surface area (Å²) in [6.45, 7) is 0.163. The summed E-state index contributed by atoms with van der Waals surface area (Å²) in [5.41, 5.74) is 6.25. The molecule has 6 nitrogen and oxygen atoms in total. The highest BCUT2D eigenvalue weighted by molar-refractivity contribution is 7.80. The van der Waals surface area contributed by atoms with Gasteiger partial charge in [-0.1, -0.05) is 6.42 Å². The highest BCUT2D eigenvalue weighted by atomic mass is 32.1. The summed E-state index contributed by atoms with van der Waals surface area (Å²) in [6, 6.07) is 7.86. The topological polar surface area (TPSA) is 74.4 Å². The van der Waals surface area contributed by atoms with Crippen LogP contribution in [0, 0.1) is 11.8 Å². The van der Waals surface area contributed by atoms with Crippen molar-refractivity contribution in [2.45, 2.75) is 31.7 Å². The first kappa shape index (κ1) is 16.8. The van der Waals surface area contributed by atoms with Gasteiger partial charge < -0.3 is 15.4 Å². The van der Waals surface area contributed by atoms with E-state index >= 15 is 0 Å². The van der Waals surface area contributed by atoms with Crippen LogP contribution in [0.5, 0.6) is 5.75 Å². The van der Waals surface area contributed by atoms with Crippen molar-refractivity contribution in [3.63, 3.8) is 0 Å². The fourth-order valence-electron chi connectivity index (χ4n) is 3.69. The monoisotopic (exact) mass is 348 g/mol. The fraction of sp³-hybridized carbons (Fsp3) is 0.529. The summed E-state index contributed by atoms with van der Waals surface area (Å²) in [5.74, 6) is 2.20. The lowest BCUT2D eigenvalue weighted by atomic mass is 9.96. The molecular formula is C17H24N4O2S. The Hall–Kier alpha value is -2.02. The molecule has 0 spiro atoms. The van der Waals surface area contributed by atoms with Crippen LogP contribution in [0.2, 0.25) is 0 Å². The third kappa shape index (κ3) is 4.29. The van der Waals surface area contributed by atoms with Crippen molar-refractivity contribution >= 4 is 28.9 Å². The molecule has 2 aliphatic rings. The first-order chi connectivity index (χ1) is 11.6. The number of amides is 1. The minimum absolute atomic E-state index is 0.163. The molecule has 1 aromatic carbocycles. The van der Waals surface area contributed by atoms with Gasteiger partial charge in [0.15, 0.2) is 5.11 Å². The van der Waals surface area contributed by atoms with Gasteiger partial charge in [0, 0.05) is 11.7 Å². The number of carbonyl (C=O) groups is 1. The van der Waals surface area contributed by atoms with Gasteiger partial charge in [0.25, 0.3) is 5.91 Å². The summed E-state index contributed by atoms with van der Waals surface area (Å²) in [4.78, 5) is 11.9. The predicted octanol–water partition coefficient (Wildman–Crippen LogP) is 1.79. The third-order valence-electron chi connectivity index (χ3n) is 4.91. The molecule has 1 amide bonds. The Bertz CT molecular complexity index is 593. The Kier molecular flexibility index (Phi) is 5.40. The maximum atomic E-state index is 11.9. The van der Waals surface area contributed by atoms with E-state index in [1.54, 1.807) is 7.11 Å². The number of carbonyl (C=O) groups excluding carboxylic acids is 1. The average molecular weight is 348 g/mol. The lowest BCUT2D eigenvalue weighted by Gasteiger charge is -2.24. The lowest BCUT2D eigenvalue weighted by molar-refractivity contribution is -0.119. The van der Waals surface area contributed by atoms with Crippen molar-refractivity contribution < 1.29 is 9.53 Å². The van der Waals surface area contributed by atoms with Crippen LogP contribution in [0.4, 0.5) is 5.69 Å². The Balaban J connectivity index is 1.33. The Morgan fingerprint density at radius 3 is 2.62 bits per heavy atom. The molecule has 2 aliphatic carbocycles. The number of thiocarbonyl (C=S) groups is 1. The van der Waals surface area contributed by atoms with Crippen LogP contribution in [-0.2, 0) is 4.79 Å². The summed E-state index contributed by atoms with van der Waals surface area (Å²) in [6.07, 6.45) is 5.16. The van der Waals surface area contributed by atoms with E-state index < -0.39 is 0 Å². The van der Waals surface area contributed by atoms with E-state index in [1.807, 2.05) is 24.3 Å². The van der Waals surface area contributed by atoms with E-state index in [0.29, 0.717) is 11.2 Å². The number of ether oxygens (including phenoxy) is 1. The van der Waals surface area contributed by atoms with E-state index in [4.69, 9.17) is 17.0 Å². The van der Waals surface area contributed by atoms with Gasteiger partial charge in [0.1, 0.15) is 5.75 Å². The molecule has 2 saturated carbocycles. The number of hydrogen-bond acceptors (Lipinski definition) is 4. The minimum atomic E-state index is -0.178. The van der Waals surface area contributed by atoms with Gasteiger partial charge in [0.2, 0.25) is 0 Å². The molecule has 0 aromatic heterocycles. The number of hydrogen-bond donors (Lipinski definition) is 4. The number of fused-ring (bicyclic) bond motifs is 2. The SMILES string of the molecule is COc1ccc(NCC(=O)NNC(=S)N[C@H]2C[C@@H]3CC[C@@H]2C3)cc1. The molecule has 2 bridgehead atoms.